The van der Waals surface area contributed by atoms with Crippen molar-refractivity contribution in [3.05, 3.63) is 46.1 Å². The molecule has 1 aliphatic carbocycles. The van der Waals surface area contributed by atoms with Crippen LogP contribution in [0.25, 0.3) is 0 Å². The first-order chi connectivity index (χ1) is 11.3. The summed E-state index contributed by atoms with van der Waals surface area (Å²) in [4.78, 5) is 10.7. The zero-order valence-electron chi connectivity index (χ0n) is 15.0. The number of rotatable bonds is 3. The van der Waals surface area contributed by atoms with Gasteiger partial charge in [-0.25, -0.2) is 0 Å². The van der Waals surface area contributed by atoms with Crippen molar-refractivity contribution in [3.63, 3.8) is 0 Å². The van der Waals surface area contributed by atoms with Crippen molar-refractivity contribution >= 4 is 5.97 Å². The molecule has 3 heteroatoms. The Bertz CT molecular complexity index is 706. The summed E-state index contributed by atoms with van der Waals surface area (Å²) in [5, 5.41) is 8.79. The molecule has 0 aromatic heterocycles. The Labute approximate surface area is 156 Å². The summed E-state index contributed by atoms with van der Waals surface area (Å²) in [5.41, 5.74) is 6.31. The molecule has 24 heavy (non-hydrogen) atoms. The Morgan fingerprint density at radius 2 is 2.04 bits per heavy atom. The van der Waals surface area contributed by atoms with Crippen LogP contribution in [0.15, 0.2) is 46.1 Å². The zero-order chi connectivity index (χ0) is 17.7. The van der Waals surface area contributed by atoms with Crippen LogP contribution in [0, 0.1) is 17.3 Å². The minimum absolute atomic E-state index is 0.166. The Kier molecular flexibility index (Phi) is 6.51. The molecule has 0 aromatic rings. The van der Waals surface area contributed by atoms with Crippen molar-refractivity contribution < 1.29 is 31.1 Å². The van der Waals surface area contributed by atoms with Crippen LogP contribution in [0.1, 0.15) is 47.0 Å². The summed E-state index contributed by atoms with van der Waals surface area (Å²) >= 11 is 0.166. The van der Waals surface area contributed by atoms with Gasteiger partial charge in [-0.2, -0.15) is 0 Å². The van der Waals surface area contributed by atoms with E-state index < -0.39 is 5.97 Å². The second-order valence-corrected chi connectivity index (χ2v) is 9.77. The minimum atomic E-state index is -0.896. The van der Waals surface area contributed by atoms with Crippen LogP contribution >= 0.6 is 0 Å². The van der Waals surface area contributed by atoms with E-state index in [1.807, 2.05) is 13.0 Å². The molecule has 0 saturated heterocycles. The summed E-state index contributed by atoms with van der Waals surface area (Å²) in [6, 6.07) is 0. The van der Waals surface area contributed by atoms with Gasteiger partial charge < -0.3 is 0 Å². The average Bonchev–Trinajstić information content (AvgIpc) is 2.90. The van der Waals surface area contributed by atoms with Gasteiger partial charge in [-0.15, -0.1) is 0 Å². The molecule has 1 heterocycles. The Morgan fingerprint density at radius 1 is 1.29 bits per heavy atom. The third kappa shape index (κ3) is 5.11. The standard InChI is InChI=1S/C21H26IO2/c1-15(12-20(23)24)7-8-17-13-22-14-18(17)9-10-19-16(2)6-5-11-21(19,3)4/h7-8,12H,5-6,11,13-14H2,1-4H3,(H,23,24)/q-1/b8-7+,15-12+. The molecule has 0 spiro atoms. The summed E-state index contributed by atoms with van der Waals surface area (Å²) in [6.07, 6.45) is 8.86. The molecular weight excluding hydrogens is 411 g/mol. The monoisotopic (exact) mass is 437 g/mol. The first-order valence-electron chi connectivity index (χ1n) is 8.36. The fourth-order valence-corrected chi connectivity index (χ4v) is 5.97. The van der Waals surface area contributed by atoms with Gasteiger partial charge >= 0.3 is 156 Å². The number of carbonyl (C=O) groups is 1. The fourth-order valence-electron chi connectivity index (χ4n) is 3.18. The van der Waals surface area contributed by atoms with Crippen LogP contribution in [0.4, 0.5) is 0 Å². The first kappa shape index (κ1) is 19.1. The Balaban J connectivity index is 2.25. The Hall–Kier alpha value is -1.28. The summed E-state index contributed by atoms with van der Waals surface area (Å²) in [6.45, 7) is 8.65. The molecule has 0 saturated carbocycles. The molecule has 0 bridgehead atoms. The number of alkyl halides is 2. The predicted molar refractivity (Wildman–Crippen MR) is 95.4 cm³/mol. The van der Waals surface area contributed by atoms with Gasteiger partial charge in [0, 0.05) is 0 Å². The third-order valence-electron chi connectivity index (χ3n) is 4.55. The van der Waals surface area contributed by atoms with E-state index >= 15 is 0 Å². The van der Waals surface area contributed by atoms with Crippen molar-refractivity contribution in [2.75, 3.05) is 8.86 Å². The average molecular weight is 437 g/mol. The molecule has 2 aliphatic rings. The van der Waals surface area contributed by atoms with E-state index in [1.54, 1.807) is 0 Å². The van der Waals surface area contributed by atoms with Crippen LogP contribution in [0.3, 0.4) is 0 Å². The van der Waals surface area contributed by atoms with Gasteiger partial charge in [-0.1, -0.05) is 0 Å². The molecule has 0 unspecified atom stereocenters. The molecule has 0 amide bonds. The SMILES string of the molecule is CC1=C(C#CC2=C(/C=C/C(C)=C/C(=O)O)C[I-]C2)C(C)(C)CCC1. The number of hydrogen-bond donors (Lipinski definition) is 1. The summed E-state index contributed by atoms with van der Waals surface area (Å²) in [7, 11) is 0. The van der Waals surface area contributed by atoms with Gasteiger partial charge in [0.1, 0.15) is 0 Å². The number of carboxylic acids is 1. The first-order valence-corrected chi connectivity index (χ1v) is 11.4. The maximum atomic E-state index is 10.7. The van der Waals surface area contributed by atoms with Gasteiger partial charge in [-0.05, 0) is 0 Å². The molecule has 0 aromatic carbocycles. The van der Waals surface area contributed by atoms with Crippen molar-refractivity contribution in [2.45, 2.75) is 47.0 Å². The van der Waals surface area contributed by atoms with E-state index in [9.17, 15) is 4.79 Å². The topological polar surface area (TPSA) is 37.3 Å². The van der Waals surface area contributed by atoms with Crippen molar-refractivity contribution in [2.24, 2.45) is 5.41 Å². The molecule has 2 nitrogen and oxygen atoms in total. The number of carboxylic acid groups (broad SMARTS) is 1. The van der Waals surface area contributed by atoms with Crippen LogP contribution in [-0.4, -0.2) is 19.9 Å². The Morgan fingerprint density at radius 3 is 2.71 bits per heavy atom. The molecule has 0 radical (unpaired) electrons. The van der Waals surface area contributed by atoms with Crippen molar-refractivity contribution in [1.82, 2.24) is 0 Å². The second-order valence-electron chi connectivity index (χ2n) is 7.16. The predicted octanol–water partition coefficient (Wildman–Crippen LogP) is 1.50. The molecule has 0 atom stereocenters. The molecule has 130 valence electrons. The van der Waals surface area contributed by atoms with Crippen molar-refractivity contribution in [1.29, 1.82) is 0 Å². The second kappa shape index (κ2) is 8.20. The van der Waals surface area contributed by atoms with Crippen LogP contribution in [0.2, 0.25) is 0 Å². The number of hydrogen-bond acceptors (Lipinski definition) is 1. The molecule has 1 aliphatic heterocycles. The van der Waals surface area contributed by atoms with E-state index in [4.69, 9.17) is 5.11 Å². The van der Waals surface area contributed by atoms with Crippen LogP contribution < -0.4 is 21.2 Å². The number of aliphatic carboxylic acids is 1. The van der Waals surface area contributed by atoms with E-state index in [-0.39, 0.29) is 26.6 Å². The molecule has 1 N–H and O–H groups in total. The summed E-state index contributed by atoms with van der Waals surface area (Å²) in [5.74, 6) is 6.07. The number of allylic oxidation sites excluding steroid dienone is 7. The molecule has 0 fully saturated rings. The van der Waals surface area contributed by atoms with Crippen LogP contribution in [0.5, 0.6) is 0 Å². The van der Waals surface area contributed by atoms with Gasteiger partial charge in [0.2, 0.25) is 0 Å². The normalized spacial score (nSPS) is 21.6. The fraction of sp³-hybridized carbons (Fsp3) is 0.476. The summed E-state index contributed by atoms with van der Waals surface area (Å²) < 4.78 is 2.28. The zero-order valence-corrected chi connectivity index (χ0v) is 17.2. The molecular formula is C21H26IO2-. The molecule has 2 rings (SSSR count). The maximum absolute atomic E-state index is 10.7. The van der Waals surface area contributed by atoms with E-state index in [2.05, 4.69) is 38.7 Å². The van der Waals surface area contributed by atoms with Gasteiger partial charge in [-0.3, -0.25) is 0 Å². The van der Waals surface area contributed by atoms with Gasteiger partial charge in [0.25, 0.3) is 0 Å². The van der Waals surface area contributed by atoms with Gasteiger partial charge in [0.15, 0.2) is 0 Å². The third-order valence-corrected chi connectivity index (χ3v) is 7.21. The van der Waals surface area contributed by atoms with Crippen LogP contribution in [-0.2, 0) is 4.79 Å². The quantitative estimate of drug-likeness (QED) is 0.239. The van der Waals surface area contributed by atoms with E-state index in [0.717, 1.165) is 14.4 Å². The van der Waals surface area contributed by atoms with Crippen molar-refractivity contribution in [3.8, 4) is 11.8 Å². The van der Waals surface area contributed by atoms with E-state index in [1.165, 1.54) is 47.6 Å². The number of halogens is 1. The van der Waals surface area contributed by atoms with E-state index in [0.29, 0.717) is 0 Å². The van der Waals surface area contributed by atoms with Gasteiger partial charge in [0.05, 0.1) is 0 Å².